The fraction of sp³-hybridized carbons (Fsp3) is 0.462. The predicted molar refractivity (Wildman–Crippen MR) is 67.5 cm³/mol. The van der Waals surface area contributed by atoms with Gasteiger partial charge in [0, 0.05) is 19.2 Å². The number of hydrogen-bond donors (Lipinski definition) is 3. The first-order valence-electron chi connectivity index (χ1n) is 6.13. The largest absolute Gasteiger partial charge is 0.508 e. The molecule has 1 fully saturated rings. The van der Waals surface area contributed by atoms with Gasteiger partial charge >= 0.3 is 0 Å². The van der Waals surface area contributed by atoms with Gasteiger partial charge in [0.05, 0.1) is 5.56 Å². The van der Waals surface area contributed by atoms with Gasteiger partial charge < -0.3 is 20.8 Å². The number of carbonyl (C=O) groups excluding carboxylic acids is 1. The van der Waals surface area contributed by atoms with E-state index in [-0.39, 0.29) is 23.0 Å². The van der Waals surface area contributed by atoms with Gasteiger partial charge in [-0.05, 0) is 37.4 Å². The Morgan fingerprint density at radius 3 is 2.56 bits per heavy atom. The first-order chi connectivity index (χ1) is 8.61. The molecule has 18 heavy (non-hydrogen) atoms. The molecular formula is C13H18N2O3. The van der Waals surface area contributed by atoms with Crippen molar-refractivity contribution in [2.24, 2.45) is 11.7 Å². The number of amides is 1. The van der Waals surface area contributed by atoms with Crippen LogP contribution in [0, 0.1) is 5.92 Å². The zero-order valence-corrected chi connectivity index (χ0v) is 10.2. The first kappa shape index (κ1) is 12.7. The van der Waals surface area contributed by atoms with Crippen molar-refractivity contribution >= 4 is 5.91 Å². The van der Waals surface area contributed by atoms with Crippen LogP contribution in [0.1, 0.15) is 23.2 Å². The quantitative estimate of drug-likeness (QED) is 0.728. The van der Waals surface area contributed by atoms with Crippen LogP contribution in [0.5, 0.6) is 11.5 Å². The minimum Gasteiger partial charge on any atom is -0.508 e. The van der Waals surface area contributed by atoms with Gasteiger partial charge in [0.25, 0.3) is 5.91 Å². The molecule has 1 aliphatic rings. The lowest BCUT2D eigenvalue weighted by molar-refractivity contribution is 0.0690. The summed E-state index contributed by atoms with van der Waals surface area (Å²) in [5, 5.41) is 18.9. The summed E-state index contributed by atoms with van der Waals surface area (Å²) in [7, 11) is 0. The van der Waals surface area contributed by atoms with E-state index in [1.165, 1.54) is 18.2 Å². The summed E-state index contributed by atoms with van der Waals surface area (Å²) in [5.41, 5.74) is 5.84. The van der Waals surface area contributed by atoms with E-state index in [9.17, 15) is 15.0 Å². The van der Waals surface area contributed by atoms with Crippen LogP contribution in [0.15, 0.2) is 18.2 Å². The molecule has 1 aromatic rings. The van der Waals surface area contributed by atoms with Gasteiger partial charge in [-0.1, -0.05) is 0 Å². The number of nitrogens with two attached hydrogens (primary N) is 1. The molecule has 0 bridgehead atoms. The molecule has 5 heteroatoms. The van der Waals surface area contributed by atoms with E-state index in [2.05, 4.69) is 0 Å². The first-order valence-corrected chi connectivity index (χ1v) is 6.13. The molecule has 4 N–H and O–H groups in total. The molecule has 0 spiro atoms. The molecule has 1 aliphatic heterocycles. The number of benzene rings is 1. The average molecular weight is 250 g/mol. The van der Waals surface area contributed by atoms with Crippen molar-refractivity contribution in [1.29, 1.82) is 0 Å². The van der Waals surface area contributed by atoms with Crippen LogP contribution >= 0.6 is 0 Å². The van der Waals surface area contributed by atoms with E-state index < -0.39 is 0 Å². The lowest BCUT2D eigenvalue weighted by Gasteiger charge is -2.31. The Morgan fingerprint density at radius 1 is 1.33 bits per heavy atom. The Kier molecular flexibility index (Phi) is 3.72. The second-order valence-electron chi connectivity index (χ2n) is 4.67. The van der Waals surface area contributed by atoms with Crippen molar-refractivity contribution in [3.05, 3.63) is 23.8 Å². The minimum absolute atomic E-state index is 0.0501. The van der Waals surface area contributed by atoms with Crippen LogP contribution in [0.4, 0.5) is 0 Å². The molecule has 98 valence electrons. The molecule has 0 unspecified atom stereocenters. The van der Waals surface area contributed by atoms with E-state index >= 15 is 0 Å². The average Bonchev–Trinajstić information content (AvgIpc) is 2.38. The Morgan fingerprint density at radius 2 is 2.00 bits per heavy atom. The third-order valence-electron chi connectivity index (χ3n) is 3.45. The Bertz CT molecular complexity index is 440. The number of rotatable bonds is 2. The second-order valence-corrected chi connectivity index (χ2v) is 4.67. The SMILES string of the molecule is NCC1CCN(C(=O)c2ccc(O)cc2O)CC1. The fourth-order valence-electron chi connectivity index (χ4n) is 2.24. The lowest BCUT2D eigenvalue weighted by Crippen LogP contribution is -2.40. The van der Waals surface area contributed by atoms with Crippen LogP contribution in [-0.4, -0.2) is 40.7 Å². The summed E-state index contributed by atoms with van der Waals surface area (Å²) in [6, 6.07) is 4.03. The zero-order valence-electron chi connectivity index (χ0n) is 10.2. The second kappa shape index (κ2) is 5.27. The minimum atomic E-state index is -0.192. The maximum absolute atomic E-state index is 12.2. The number of piperidine rings is 1. The fourth-order valence-corrected chi connectivity index (χ4v) is 2.24. The molecule has 1 saturated heterocycles. The van der Waals surface area contributed by atoms with E-state index in [0.29, 0.717) is 25.6 Å². The van der Waals surface area contributed by atoms with E-state index in [1.54, 1.807) is 4.90 Å². The molecule has 5 nitrogen and oxygen atoms in total. The smallest absolute Gasteiger partial charge is 0.257 e. The van der Waals surface area contributed by atoms with Crippen molar-refractivity contribution in [2.45, 2.75) is 12.8 Å². The standard InChI is InChI=1S/C13H18N2O3/c14-8-9-3-5-15(6-4-9)13(18)11-2-1-10(16)7-12(11)17/h1-2,7,9,16-17H,3-6,8,14H2. The highest BCUT2D eigenvalue weighted by Gasteiger charge is 2.24. The van der Waals surface area contributed by atoms with E-state index in [4.69, 9.17) is 5.73 Å². The number of hydrogen-bond acceptors (Lipinski definition) is 4. The Hall–Kier alpha value is -1.75. The lowest BCUT2D eigenvalue weighted by atomic mass is 9.96. The van der Waals surface area contributed by atoms with Crippen LogP contribution in [0.3, 0.4) is 0 Å². The summed E-state index contributed by atoms with van der Waals surface area (Å²) in [6.45, 7) is 1.99. The summed E-state index contributed by atoms with van der Waals surface area (Å²) in [5.74, 6) is 0.0669. The maximum Gasteiger partial charge on any atom is 0.257 e. The highest BCUT2D eigenvalue weighted by molar-refractivity contribution is 5.97. The van der Waals surface area contributed by atoms with Crippen molar-refractivity contribution < 1.29 is 15.0 Å². The predicted octanol–water partition coefficient (Wildman–Crippen LogP) is 0.909. The van der Waals surface area contributed by atoms with Gasteiger partial charge in [0.2, 0.25) is 0 Å². The van der Waals surface area contributed by atoms with Gasteiger partial charge in [0.1, 0.15) is 11.5 Å². The van der Waals surface area contributed by atoms with Crippen LogP contribution in [0.2, 0.25) is 0 Å². The molecule has 0 atom stereocenters. The maximum atomic E-state index is 12.2. The molecule has 1 amide bonds. The highest BCUT2D eigenvalue weighted by Crippen LogP contribution is 2.25. The number of carbonyl (C=O) groups is 1. The highest BCUT2D eigenvalue weighted by atomic mass is 16.3. The third-order valence-corrected chi connectivity index (χ3v) is 3.45. The molecule has 2 rings (SSSR count). The third kappa shape index (κ3) is 2.56. The zero-order chi connectivity index (χ0) is 13.1. The molecule has 1 aromatic carbocycles. The normalized spacial score (nSPS) is 16.8. The molecule has 0 saturated carbocycles. The van der Waals surface area contributed by atoms with Gasteiger partial charge in [-0.2, -0.15) is 0 Å². The van der Waals surface area contributed by atoms with Crippen LogP contribution in [0.25, 0.3) is 0 Å². The van der Waals surface area contributed by atoms with E-state index in [1.807, 2.05) is 0 Å². The topological polar surface area (TPSA) is 86.8 Å². The molecule has 1 heterocycles. The molecule has 0 aromatic heterocycles. The molecular weight excluding hydrogens is 232 g/mol. The monoisotopic (exact) mass is 250 g/mol. The summed E-state index contributed by atoms with van der Waals surface area (Å²) >= 11 is 0. The number of aromatic hydroxyl groups is 2. The van der Waals surface area contributed by atoms with Gasteiger partial charge in [-0.3, -0.25) is 4.79 Å². The molecule has 0 aliphatic carbocycles. The number of phenolic OH excluding ortho intramolecular Hbond substituents is 2. The number of likely N-dealkylation sites (tertiary alicyclic amines) is 1. The van der Waals surface area contributed by atoms with Gasteiger partial charge in [0.15, 0.2) is 0 Å². The number of phenols is 2. The van der Waals surface area contributed by atoms with Crippen molar-refractivity contribution in [1.82, 2.24) is 4.90 Å². The summed E-state index contributed by atoms with van der Waals surface area (Å²) in [4.78, 5) is 13.9. The van der Waals surface area contributed by atoms with Crippen molar-refractivity contribution in [2.75, 3.05) is 19.6 Å². The van der Waals surface area contributed by atoms with E-state index in [0.717, 1.165) is 12.8 Å². The Balaban J connectivity index is 2.08. The van der Waals surface area contributed by atoms with Crippen LogP contribution in [-0.2, 0) is 0 Å². The number of nitrogens with zero attached hydrogens (tertiary/aromatic N) is 1. The summed E-state index contributed by atoms with van der Waals surface area (Å²) < 4.78 is 0. The van der Waals surface area contributed by atoms with Gasteiger partial charge in [-0.15, -0.1) is 0 Å². The van der Waals surface area contributed by atoms with Crippen molar-refractivity contribution in [3.63, 3.8) is 0 Å². The van der Waals surface area contributed by atoms with Crippen molar-refractivity contribution in [3.8, 4) is 11.5 Å². The van der Waals surface area contributed by atoms with Crippen LogP contribution < -0.4 is 5.73 Å². The Labute approximate surface area is 106 Å². The molecule has 0 radical (unpaired) electrons. The summed E-state index contributed by atoms with van der Waals surface area (Å²) in [6.07, 6.45) is 1.81. The van der Waals surface area contributed by atoms with Gasteiger partial charge in [-0.25, -0.2) is 0 Å².